The number of rotatable bonds is 4. The summed E-state index contributed by atoms with van der Waals surface area (Å²) in [6, 6.07) is 0. The van der Waals surface area contributed by atoms with Gasteiger partial charge in [0.1, 0.15) is 0 Å². The number of carbonyl (C=O) groups is 1. The second-order valence-corrected chi connectivity index (χ2v) is 6.05. The molecular weight excluding hydrogens is 272 g/mol. The third kappa shape index (κ3) is 2.44. The first-order valence-corrected chi connectivity index (χ1v) is 7.36. The van der Waals surface area contributed by atoms with Crippen LogP contribution in [0.3, 0.4) is 0 Å². The summed E-state index contributed by atoms with van der Waals surface area (Å²) in [6.07, 6.45) is 3.55. The van der Waals surface area contributed by atoms with E-state index in [1.165, 1.54) is 0 Å². The molecule has 0 radical (unpaired) electrons. The van der Waals surface area contributed by atoms with Crippen molar-refractivity contribution in [2.75, 3.05) is 0 Å². The van der Waals surface area contributed by atoms with Gasteiger partial charge in [0, 0.05) is 24.8 Å². The maximum Gasteiger partial charge on any atom is 0.233 e. The maximum absolute atomic E-state index is 12.5. The van der Waals surface area contributed by atoms with Gasteiger partial charge in [-0.1, -0.05) is 25.1 Å². The minimum atomic E-state index is -0.640. The third-order valence-corrected chi connectivity index (χ3v) is 4.84. The standard InChI is InChI=1S/C14H22N4OS/c1-9-11(10(2)18(3)17-9)8-16-13(19)14(12(15)20)6-4-5-7-14/h4-8H2,1-3H3,(H2,15,20)(H,16,19). The summed E-state index contributed by atoms with van der Waals surface area (Å²) in [5.41, 5.74) is 8.26. The molecule has 1 aromatic rings. The lowest BCUT2D eigenvalue weighted by Crippen LogP contribution is -2.47. The predicted molar refractivity (Wildman–Crippen MR) is 82.2 cm³/mol. The Morgan fingerprint density at radius 2 is 2.05 bits per heavy atom. The summed E-state index contributed by atoms with van der Waals surface area (Å²) in [6.45, 7) is 4.43. The molecule has 1 aliphatic rings. The van der Waals surface area contributed by atoms with Gasteiger partial charge in [-0.25, -0.2) is 0 Å². The van der Waals surface area contributed by atoms with Crippen molar-refractivity contribution in [1.29, 1.82) is 0 Å². The van der Waals surface area contributed by atoms with E-state index in [0.29, 0.717) is 11.5 Å². The van der Waals surface area contributed by atoms with Gasteiger partial charge in [-0.15, -0.1) is 0 Å². The number of hydrogen-bond acceptors (Lipinski definition) is 3. The number of nitrogens with one attached hydrogen (secondary N) is 1. The van der Waals surface area contributed by atoms with Crippen molar-refractivity contribution >= 4 is 23.1 Å². The molecule has 1 aliphatic carbocycles. The van der Waals surface area contributed by atoms with E-state index in [4.69, 9.17) is 18.0 Å². The van der Waals surface area contributed by atoms with Crippen molar-refractivity contribution < 1.29 is 4.79 Å². The Morgan fingerprint density at radius 3 is 2.50 bits per heavy atom. The number of carbonyl (C=O) groups excluding carboxylic acids is 1. The van der Waals surface area contributed by atoms with Gasteiger partial charge in [-0.3, -0.25) is 9.48 Å². The minimum Gasteiger partial charge on any atom is -0.392 e. The van der Waals surface area contributed by atoms with Crippen LogP contribution < -0.4 is 11.1 Å². The Hall–Kier alpha value is -1.43. The normalized spacial score (nSPS) is 17.1. The molecule has 1 fully saturated rings. The summed E-state index contributed by atoms with van der Waals surface area (Å²) in [5.74, 6) is -0.0369. The highest BCUT2D eigenvalue weighted by Crippen LogP contribution is 2.38. The molecule has 2 rings (SSSR count). The van der Waals surface area contributed by atoms with E-state index in [0.717, 1.165) is 42.6 Å². The highest BCUT2D eigenvalue weighted by Gasteiger charge is 2.43. The van der Waals surface area contributed by atoms with Gasteiger partial charge < -0.3 is 11.1 Å². The van der Waals surface area contributed by atoms with Crippen LogP contribution in [0.2, 0.25) is 0 Å². The van der Waals surface area contributed by atoms with Crippen molar-refractivity contribution in [2.24, 2.45) is 18.2 Å². The van der Waals surface area contributed by atoms with Gasteiger partial charge >= 0.3 is 0 Å². The van der Waals surface area contributed by atoms with Crippen molar-refractivity contribution in [3.05, 3.63) is 17.0 Å². The monoisotopic (exact) mass is 294 g/mol. The fourth-order valence-corrected chi connectivity index (χ4v) is 3.27. The summed E-state index contributed by atoms with van der Waals surface area (Å²) in [7, 11) is 1.90. The molecule has 3 N–H and O–H groups in total. The van der Waals surface area contributed by atoms with Gasteiger partial charge in [-0.2, -0.15) is 5.10 Å². The quantitative estimate of drug-likeness (QED) is 0.825. The molecule has 0 atom stereocenters. The van der Waals surface area contributed by atoms with E-state index in [2.05, 4.69) is 10.4 Å². The van der Waals surface area contributed by atoms with E-state index in [-0.39, 0.29) is 5.91 Å². The molecule has 0 saturated heterocycles. The van der Waals surface area contributed by atoms with Gasteiger partial charge in [0.25, 0.3) is 0 Å². The lowest BCUT2D eigenvalue weighted by atomic mass is 9.85. The SMILES string of the molecule is Cc1nn(C)c(C)c1CNC(=O)C1(C(N)=S)CCCC1. The Bertz CT molecular complexity index is 544. The van der Waals surface area contributed by atoms with E-state index < -0.39 is 5.41 Å². The summed E-state index contributed by atoms with van der Waals surface area (Å²) in [4.78, 5) is 12.8. The molecule has 1 aromatic heterocycles. The Morgan fingerprint density at radius 1 is 1.45 bits per heavy atom. The molecule has 5 nitrogen and oxygen atoms in total. The molecule has 20 heavy (non-hydrogen) atoms. The molecule has 1 amide bonds. The van der Waals surface area contributed by atoms with Crippen LogP contribution in [0.4, 0.5) is 0 Å². The number of aromatic nitrogens is 2. The smallest absolute Gasteiger partial charge is 0.233 e. The third-order valence-electron chi connectivity index (χ3n) is 4.45. The highest BCUT2D eigenvalue weighted by molar-refractivity contribution is 7.80. The van der Waals surface area contributed by atoms with Gasteiger partial charge in [0.05, 0.1) is 16.1 Å². The van der Waals surface area contributed by atoms with Gasteiger partial charge in [0.15, 0.2) is 0 Å². The van der Waals surface area contributed by atoms with E-state index in [1.54, 1.807) is 0 Å². The molecule has 1 saturated carbocycles. The first-order chi connectivity index (χ1) is 9.38. The molecule has 110 valence electrons. The number of amides is 1. The summed E-state index contributed by atoms with van der Waals surface area (Å²) in [5, 5.41) is 7.35. The Kier molecular flexibility index (Phi) is 4.13. The van der Waals surface area contributed by atoms with Crippen LogP contribution in [0.25, 0.3) is 0 Å². The van der Waals surface area contributed by atoms with Crippen LogP contribution >= 0.6 is 12.2 Å². The zero-order chi connectivity index (χ0) is 14.9. The fourth-order valence-electron chi connectivity index (χ4n) is 2.98. The predicted octanol–water partition coefficient (Wildman–Crippen LogP) is 1.50. The Balaban J connectivity index is 2.10. The van der Waals surface area contributed by atoms with Gasteiger partial charge in [-0.05, 0) is 26.7 Å². The van der Waals surface area contributed by atoms with Crippen LogP contribution in [0.5, 0.6) is 0 Å². The van der Waals surface area contributed by atoms with Crippen LogP contribution in [-0.4, -0.2) is 20.7 Å². The van der Waals surface area contributed by atoms with Crippen molar-refractivity contribution in [2.45, 2.75) is 46.1 Å². The average molecular weight is 294 g/mol. The average Bonchev–Trinajstić information content (AvgIpc) is 2.96. The molecule has 0 aliphatic heterocycles. The number of thiocarbonyl (C=S) groups is 1. The van der Waals surface area contributed by atoms with E-state index in [9.17, 15) is 4.79 Å². The number of aryl methyl sites for hydroxylation is 2. The lowest BCUT2D eigenvalue weighted by Gasteiger charge is -2.26. The lowest BCUT2D eigenvalue weighted by molar-refractivity contribution is -0.127. The first-order valence-electron chi connectivity index (χ1n) is 6.96. The second kappa shape index (κ2) is 5.52. The molecule has 1 heterocycles. The molecule has 0 bridgehead atoms. The summed E-state index contributed by atoms with van der Waals surface area (Å²) >= 11 is 5.13. The molecule has 0 aromatic carbocycles. The topological polar surface area (TPSA) is 72.9 Å². The Labute approximate surface area is 124 Å². The fraction of sp³-hybridized carbons (Fsp3) is 0.643. The van der Waals surface area contributed by atoms with Gasteiger partial charge in [0.2, 0.25) is 5.91 Å². The zero-order valence-electron chi connectivity index (χ0n) is 12.3. The first kappa shape index (κ1) is 15.0. The molecule has 0 unspecified atom stereocenters. The number of hydrogen-bond donors (Lipinski definition) is 2. The van der Waals surface area contributed by atoms with E-state index in [1.807, 2.05) is 25.6 Å². The largest absolute Gasteiger partial charge is 0.392 e. The minimum absolute atomic E-state index is 0.0369. The van der Waals surface area contributed by atoms with Crippen LogP contribution in [0.1, 0.15) is 42.6 Å². The number of nitrogens with two attached hydrogens (primary N) is 1. The summed E-state index contributed by atoms with van der Waals surface area (Å²) < 4.78 is 1.83. The molecule has 6 heteroatoms. The van der Waals surface area contributed by atoms with E-state index >= 15 is 0 Å². The van der Waals surface area contributed by atoms with Crippen molar-refractivity contribution in [1.82, 2.24) is 15.1 Å². The second-order valence-electron chi connectivity index (χ2n) is 5.61. The maximum atomic E-state index is 12.5. The van der Waals surface area contributed by atoms with Crippen molar-refractivity contribution in [3.8, 4) is 0 Å². The van der Waals surface area contributed by atoms with Crippen LogP contribution in [0.15, 0.2) is 0 Å². The highest BCUT2D eigenvalue weighted by atomic mass is 32.1. The van der Waals surface area contributed by atoms with Crippen molar-refractivity contribution in [3.63, 3.8) is 0 Å². The number of nitrogens with zero attached hydrogens (tertiary/aromatic N) is 2. The van der Waals surface area contributed by atoms with Crippen LogP contribution in [-0.2, 0) is 18.4 Å². The molecule has 0 spiro atoms. The molecular formula is C14H22N4OS. The zero-order valence-corrected chi connectivity index (χ0v) is 13.1. The van der Waals surface area contributed by atoms with Crippen LogP contribution in [0, 0.1) is 19.3 Å².